The molecular formula is C22H19ClFN3O. The molecule has 0 radical (unpaired) electrons. The van der Waals surface area contributed by atoms with Crippen LogP contribution in [0.2, 0.25) is 5.02 Å². The van der Waals surface area contributed by atoms with Crippen molar-refractivity contribution in [2.75, 3.05) is 0 Å². The fourth-order valence-electron chi connectivity index (χ4n) is 3.42. The van der Waals surface area contributed by atoms with Gasteiger partial charge in [-0.3, -0.25) is 4.79 Å². The molecule has 2 N–H and O–H groups in total. The van der Waals surface area contributed by atoms with Crippen LogP contribution in [0.4, 0.5) is 4.39 Å². The zero-order valence-electron chi connectivity index (χ0n) is 15.2. The van der Waals surface area contributed by atoms with E-state index in [-0.39, 0.29) is 23.9 Å². The van der Waals surface area contributed by atoms with Crippen LogP contribution in [0.1, 0.15) is 30.3 Å². The van der Waals surface area contributed by atoms with Gasteiger partial charge in [0.2, 0.25) is 0 Å². The maximum absolute atomic E-state index is 13.3. The van der Waals surface area contributed by atoms with Gasteiger partial charge in [0.15, 0.2) is 0 Å². The van der Waals surface area contributed by atoms with E-state index in [0.29, 0.717) is 10.7 Å². The summed E-state index contributed by atoms with van der Waals surface area (Å²) in [5, 5.41) is 6.89. The van der Waals surface area contributed by atoms with E-state index >= 15 is 0 Å². The van der Waals surface area contributed by atoms with Crippen LogP contribution in [0, 0.1) is 5.82 Å². The summed E-state index contributed by atoms with van der Waals surface area (Å²) in [7, 11) is 0. The molecule has 2 aliphatic heterocycles. The lowest BCUT2D eigenvalue weighted by molar-refractivity contribution is -0.118. The van der Waals surface area contributed by atoms with Crippen molar-refractivity contribution in [2.45, 2.75) is 19.1 Å². The van der Waals surface area contributed by atoms with Gasteiger partial charge in [0.25, 0.3) is 5.91 Å². The Labute approximate surface area is 168 Å². The van der Waals surface area contributed by atoms with Crippen molar-refractivity contribution in [1.82, 2.24) is 15.5 Å². The maximum Gasteiger partial charge on any atom is 0.270 e. The summed E-state index contributed by atoms with van der Waals surface area (Å²) in [6.07, 6.45) is 7.27. The Hall–Kier alpha value is -3.05. The van der Waals surface area contributed by atoms with E-state index in [4.69, 9.17) is 11.6 Å². The maximum atomic E-state index is 13.3. The van der Waals surface area contributed by atoms with Crippen LogP contribution >= 0.6 is 11.6 Å². The van der Waals surface area contributed by atoms with Gasteiger partial charge < -0.3 is 15.5 Å². The number of hydrogen-bond acceptors (Lipinski definition) is 3. The fourth-order valence-corrected chi connectivity index (χ4v) is 3.72. The summed E-state index contributed by atoms with van der Waals surface area (Å²) in [6.45, 7) is 1.89. The van der Waals surface area contributed by atoms with Crippen LogP contribution in [-0.4, -0.2) is 10.8 Å². The van der Waals surface area contributed by atoms with E-state index < -0.39 is 0 Å². The molecule has 142 valence electrons. The van der Waals surface area contributed by atoms with Crippen molar-refractivity contribution in [3.8, 4) is 0 Å². The number of halogens is 2. The van der Waals surface area contributed by atoms with Crippen molar-refractivity contribution in [3.63, 3.8) is 0 Å². The highest BCUT2D eigenvalue weighted by Crippen LogP contribution is 2.34. The highest BCUT2D eigenvalue weighted by atomic mass is 35.5. The molecule has 2 aliphatic rings. The molecule has 2 unspecified atom stereocenters. The van der Waals surface area contributed by atoms with E-state index in [1.807, 2.05) is 54.5 Å². The summed E-state index contributed by atoms with van der Waals surface area (Å²) >= 11 is 6.25. The average molecular weight is 396 g/mol. The van der Waals surface area contributed by atoms with Gasteiger partial charge >= 0.3 is 0 Å². The number of rotatable bonds is 4. The number of benzene rings is 2. The van der Waals surface area contributed by atoms with Crippen molar-refractivity contribution < 1.29 is 9.18 Å². The van der Waals surface area contributed by atoms with Gasteiger partial charge in [-0.1, -0.05) is 48.0 Å². The molecule has 0 bridgehead atoms. The molecule has 0 saturated heterocycles. The number of nitrogens with one attached hydrogen (secondary N) is 2. The van der Waals surface area contributed by atoms with Gasteiger partial charge in [-0.25, -0.2) is 4.39 Å². The SMILES string of the molecule is CC(NC(=O)C1=C2C=CC=CN2C(c2ccc(F)cc2)N1)c1ccccc1Cl. The van der Waals surface area contributed by atoms with Crippen molar-refractivity contribution in [3.05, 3.63) is 106 Å². The highest BCUT2D eigenvalue weighted by molar-refractivity contribution is 6.31. The Bertz CT molecular complexity index is 997. The normalized spacial score (nSPS) is 18.7. The van der Waals surface area contributed by atoms with Crippen LogP contribution in [-0.2, 0) is 4.79 Å². The third-order valence-electron chi connectivity index (χ3n) is 4.84. The van der Waals surface area contributed by atoms with Crippen molar-refractivity contribution >= 4 is 17.5 Å². The molecule has 2 atom stereocenters. The Morgan fingerprint density at radius 1 is 1.18 bits per heavy atom. The summed E-state index contributed by atoms with van der Waals surface area (Å²) in [4.78, 5) is 15.0. The minimum Gasteiger partial charge on any atom is -0.355 e. The van der Waals surface area contributed by atoms with Crippen LogP contribution in [0.25, 0.3) is 0 Å². The van der Waals surface area contributed by atoms with Crippen LogP contribution in [0.5, 0.6) is 0 Å². The number of amides is 1. The fraction of sp³-hybridized carbons (Fsp3) is 0.136. The lowest BCUT2D eigenvalue weighted by Gasteiger charge is -2.26. The molecule has 6 heteroatoms. The standard InChI is InChI=1S/C22H19ClFN3O/c1-14(17-6-2-3-7-18(17)23)25-22(28)20-19-8-4-5-13-27(19)21(26-20)15-9-11-16(24)12-10-15/h2-14,21,26H,1H3,(H,25,28). The van der Waals surface area contributed by atoms with Gasteiger partial charge in [0.1, 0.15) is 17.7 Å². The topological polar surface area (TPSA) is 44.4 Å². The summed E-state index contributed by atoms with van der Waals surface area (Å²) in [6, 6.07) is 13.4. The average Bonchev–Trinajstić information content (AvgIpc) is 3.09. The predicted octanol–water partition coefficient (Wildman–Crippen LogP) is 4.56. The minimum atomic E-state index is -0.296. The first kappa shape index (κ1) is 18.3. The Morgan fingerprint density at radius 2 is 1.93 bits per heavy atom. The molecule has 0 aliphatic carbocycles. The molecule has 4 rings (SSSR count). The first-order chi connectivity index (χ1) is 13.5. The first-order valence-electron chi connectivity index (χ1n) is 8.99. The third kappa shape index (κ3) is 3.41. The number of allylic oxidation sites excluding steroid dienone is 3. The Kier molecular flexibility index (Phi) is 4.92. The molecule has 4 nitrogen and oxygen atoms in total. The van der Waals surface area contributed by atoms with E-state index in [1.165, 1.54) is 12.1 Å². The predicted molar refractivity (Wildman–Crippen MR) is 107 cm³/mol. The molecule has 0 aromatic heterocycles. The molecule has 2 heterocycles. The highest BCUT2D eigenvalue weighted by Gasteiger charge is 2.34. The van der Waals surface area contributed by atoms with Gasteiger partial charge in [-0.2, -0.15) is 0 Å². The smallest absolute Gasteiger partial charge is 0.270 e. The van der Waals surface area contributed by atoms with Crippen LogP contribution in [0.3, 0.4) is 0 Å². The minimum absolute atomic E-state index is 0.225. The molecule has 0 spiro atoms. The van der Waals surface area contributed by atoms with E-state index in [9.17, 15) is 9.18 Å². The number of carbonyl (C=O) groups is 1. The summed E-state index contributed by atoms with van der Waals surface area (Å²) in [5.74, 6) is -0.521. The second kappa shape index (κ2) is 7.52. The zero-order valence-corrected chi connectivity index (χ0v) is 16.0. The Balaban J connectivity index is 1.58. The molecule has 2 aromatic carbocycles. The van der Waals surface area contributed by atoms with E-state index in [1.54, 1.807) is 18.2 Å². The molecule has 28 heavy (non-hydrogen) atoms. The van der Waals surface area contributed by atoms with E-state index in [0.717, 1.165) is 16.8 Å². The zero-order chi connectivity index (χ0) is 19.7. The lowest BCUT2D eigenvalue weighted by atomic mass is 10.1. The molecule has 0 fully saturated rings. The monoisotopic (exact) mass is 395 g/mol. The largest absolute Gasteiger partial charge is 0.355 e. The van der Waals surface area contributed by atoms with Crippen molar-refractivity contribution in [1.29, 1.82) is 0 Å². The van der Waals surface area contributed by atoms with E-state index in [2.05, 4.69) is 10.6 Å². The number of fused-ring (bicyclic) bond motifs is 1. The van der Waals surface area contributed by atoms with Gasteiger partial charge in [0, 0.05) is 11.2 Å². The second-order valence-electron chi connectivity index (χ2n) is 6.68. The molecule has 2 aromatic rings. The van der Waals surface area contributed by atoms with Gasteiger partial charge in [0.05, 0.1) is 11.7 Å². The number of hydrogen-bond donors (Lipinski definition) is 2. The number of nitrogens with zero attached hydrogens (tertiary/aromatic N) is 1. The lowest BCUT2D eigenvalue weighted by Crippen LogP contribution is -2.33. The third-order valence-corrected chi connectivity index (χ3v) is 5.18. The first-order valence-corrected chi connectivity index (χ1v) is 9.37. The molecule has 0 saturated carbocycles. The quantitative estimate of drug-likeness (QED) is 0.797. The molecular weight excluding hydrogens is 377 g/mol. The number of carbonyl (C=O) groups excluding carboxylic acids is 1. The second-order valence-corrected chi connectivity index (χ2v) is 7.09. The van der Waals surface area contributed by atoms with Gasteiger partial charge in [-0.05, 0) is 48.4 Å². The van der Waals surface area contributed by atoms with Crippen LogP contribution in [0.15, 0.2) is 84.4 Å². The summed E-state index contributed by atoms with van der Waals surface area (Å²) in [5.41, 5.74) is 2.95. The molecule has 1 amide bonds. The van der Waals surface area contributed by atoms with Crippen LogP contribution < -0.4 is 10.6 Å². The van der Waals surface area contributed by atoms with Crippen molar-refractivity contribution in [2.24, 2.45) is 0 Å². The summed E-state index contributed by atoms with van der Waals surface area (Å²) < 4.78 is 13.3. The Morgan fingerprint density at radius 3 is 2.68 bits per heavy atom. The van der Waals surface area contributed by atoms with Gasteiger partial charge in [-0.15, -0.1) is 0 Å².